The van der Waals surface area contributed by atoms with Crippen LogP contribution in [0.4, 0.5) is 0 Å². The number of carbonyl (C=O) groups excluding carboxylic acids is 1. The Kier molecular flexibility index (Phi) is 4.89. The van der Waals surface area contributed by atoms with Gasteiger partial charge in [0.05, 0.1) is 18.6 Å². The summed E-state index contributed by atoms with van der Waals surface area (Å²) in [7, 11) is 0. The van der Waals surface area contributed by atoms with Gasteiger partial charge in [0.1, 0.15) is 0 Å². The Morgan fingerprint density at radius 2 is 2.04 bits per heavy atom. The van der Waals surface area contributed by atoms with Gasteiger partial charge >= 0.3 is 0 Å². The number of H-pyrrole nitrogens is 1. The fourth-order valence-corrected chi connectivity index (χ4v) is 5.53. The molecule has 0 saturated carbocycles. The van der Waals surface area contributed by atoms with Crippen LogP contribution >= 0.6 is 0 Å². The number of ether oxygens (including phenoxy) is 1. The smallest absolute Gasteiger partial charge is 0.227 e. The molecule has 1 aromatic carbocycles. The molecule has 3 saturated heterocycles. The number of benzene rings is 1. The largest absolute Gasteiger partial charge is 0.373 e. The summed E-state index contributed by atoms with van der Waals surface area (Å²) in [5, 5.41) is 1.16. The van der Waals surface area contributed by atoms with Crippen LogP contribution in [0.3, 0.4) is 0 Å². The maximum Gasteiger partial charge on any atom is 0.227 e. The summed E-state index contributed by atoms with van der Waals surface area (Å²) >= 11 is 0. The third-order valence-corrected chi connectivity index (χ3v) is 6.91. The number of likely N-dealkylation sites (tertiary alicyclic amines) is 2. The third kappa shape index (κ3) is 3.58. The van der Waals surface area contributed by atoms with Crippen molar-refractivity contribution in [1.82, 2.24) is 14.8 Å². The highest BCUT2D eigenvalue weighted by Gasteiger charge is 2.44. The van der Waals surface area contributed by atoms with Crippen LogP contribution in [0.15, 0.2) is 30.5 Å². The van der Waals surface area contributed by atoms with Gasteiger partial charge in [-0.3, -0.25) is 4.79 Å². The van der Waals surface area contributed by atoms with Gasteiger partial charge in [0.2, 0.25) is 5.91 Å². The molecule has 3 aliphatic rings. The number of rotatable bonds is 4. The molecule has 2 atom stereocenters. The van der Waals surface area contributed by atoms with Gasteiger partial charge in [-0.1, -0.05) is 18.2 Å². The van der Waals surface area contributed by atoms with Crippen molar-refractivity contribution in [3.8, 4) is 0 Å². The van der Waals surface area contributed by atoms with Crippen molar-refractivity contribution in [2.75, 3.05) is 39.3 Å². The number of para-hydroxylation sites is 1. The molecule has 3 fully saturated rings. The maximum absolute atomic E-state index is 13.1. The molecule has 1 amide bonds. The quantitative estimate of drug-likeness (QED) is 0.885. The number of nitrogens with zero attached hydrogens (tertiary/aromatic N) is 2. The molecule has 150 valence electrons. The number of piperidine rings is 1. The highest BCUT2D eigenvalue weighted by molar-refractivity contribution is 5.88. The molecular weight excluding hydrogens is 350 g/mol. The Labute approximate surface area is 167 Å². The van der Waals surface area contributed by atoms with E-state index in [0.29, 0.717) is 12.3 Å². The minimum absolute atomic E-state index is 0.0987. The zero-order valence-corrected chi connectivity index (χ0v) is 16.7. The lowest BCUT2D eigenvalue weighted by atomic mass is 9.86. The molecule has 0 unspecified atom stereocenters. The van der Waals surface area contributed by atoms with Crippen LogP contribution in [0.5, 0.6) is 0 Å². The first-order valence-corrected chi connectivity index (χ1v) is 10.9. The number of aromatic nitrogens is 1. The molecule has 0 bridgehead atoms. The van der Waals surface area contributed by atoms with Gasteiger partial charge in [-0.15, -0.1) is 0 Å². The Hall–Kier alpha value is -1.85. The van der Waals surface area contributed by atoms with Gasteiger partial charge in [0, 0.05) is 36.7 Å². The van der Waals surface area contributed by atoms with Crippen LogP contribution in [0.2, 0.25) is 0 Å². The summed E-state index contributed by atoms with van der Waals surface area (Å²) in [5.74, 6) is 0.859. The predicted molar refractivity (Wildman–Crippen MR) is 110 cm³/mol. The summed E-state index contributed by atoms with van der Waals surface area (Å²) < 4.78 is 6.36. The molecule has 1 spiro atoms. The predicted octanol–water partition coefficient (Wildman–Crippen LogP) is 3.20. The van der Waals surface area contributed by atoms with E-state index >= 15 is 0 Å². The normalized spacial score (nSPS) is 28.6. The van der Waals surface area contributed by atoms with E-state index < -0.39 is 0 Å². The van der Waals surface area contributed by atoms with Crippen LogP contribution < -0.4 is 0 Å². The molecule has 28 heavy (non-hydrogen) atoms. The van der Waals surface area contributed by atoms with Crippen molar-refractivity contribution in [1.29, 1.82) is 0 Å². The van der Waals surface area contributed by atoms with E-state index in [1.54, 1.807) is 0 Å². The highest BCUT2D eigenvalue weighted by Crippen LogP contribution is 2.38. The average molecular weight is 382 g/mol. The van der Waals surface area contributed by atoms with Crippen molar-refractivity contribution in [2.24, 2.45) is 5.92 Å². The van der Waals surface area contributed by atoms with Crippen molar-refractivity contribution < 1.29 is 9.53 Å². The Bertz CT molecular complexity index is 841. The first kappa shape index (κ1) is 18.2. The Morgan fingerprint density at radius 3 is 2.93 bits per heavy atom. The summed E-state index contributed by atoms with van der Waals surface area (Å²) in [6.45, 7) is 6.16. The molecule has 4 heterocycles. The summed E-state index contributed by atoms with van der Waals surface area (Å²) in [5.41, 5.74) is 2.10. The van der Waals surface area contributed by atoms with Gasteiger partial charge in [-0.05, 0) is 62.7 Å². The van der Waals surface area contributed by atoms with E-state index in [1.165, 1.54) is 32.5 Å². The summed E-state index contributed by atoms with van der Waals surface area (Å²) in [6, 6.07) is 8.21. The molecule has 5 rings (SSSR count). The average Bonchev–Trinajstić information content (AvgIpc) is 3.44. The second kappa shape index (κ2) is 7.53. The van der Waals surface area contributed by atoms with E-state index in [4.69, 9.17) is 4.74 Å². The van der Waals surface area contributed by atoms with E-state index in [0.717, 1.165) is 55.4 Å². The number of aromatic amines is 1. The maximum atomic E-state index is 13.1. The van der Waals surface area contributed by atoms with E-state index in [1.807, 2.05) is 18.3 Å². The lowest BCUT2D eigenvalue weighted by molar-refractivity contribution is -0.138. The number of amides is 1. The molecule has 1 N–H and O–H groups in total. The van der Waals surface area contributed by atoms with Crippen LogP contribution in [-0.2, 0) is 16.0 Å². The summed E-state index contributed by atoms with van der Waals surface area (Å²) in [6.07, 6.45) is 8.40. The lowest BCUT2D eigenvalue weighted by Crippen LogP contribution is -2.50. The van der Waals surface area contributed by atoms with Gasteiger partial charge in [-0.25, -0.2) is 0 Å². The lowest BCUT2D eigenvalue weighted by Gasteiger charge is -2.40. The van der Waals surface area contributed by atoms with Crippen molar-refractivity contribution in [3.63, 3.8) is 0 Å². The Balaban J connectivity index is 1.22. The van der Waals surface area contributed by atoms with Gasteiger partial charge < -0.3 is 19.5 Å². The highest BCUT2D eigenvalue weighted by atomic mass is 16.5. The van der Waals surface area contributed by atoms with E-state index in [-0.39, 0.29) is 11.5 Å². The fraction of sp³-hybridized carbons (Fsp3) is 0.609. The summed E-state index contributed by atoms with van der Waals surface area (Å²) in [4.78, 5) is 21.0. The second-order valence-electron chi connectivity index (χ2n) is 9.03. The molecule has 0 aliphatic carbocycles. The van der Waals surface area contributed by atoms with Crippen molar-refractivity contribution in [2.45, 2.75) is 44.1 Å². The van der Waals surface area contributed by atoms with Gasteiger partial charge in [-0.2, -0.15) is 0 Å². The number of hydrogen-bond donors (Lipinski definition) is 1. The third-order valence-electron chi connectivity index (χ3n) is 6.91. The molecule has 3 aliphatic heterocycles. The van der Waals surface area contributed by atoms with E-state index in [2.05, 4.69) is 26.9 Å². The zero-order valence-electron chi connectivity index (χ0n) is 16.7. The zero-order chi connectivity index (χ0) is 19.0. The number of carbonyl (C=O) groups is 1. The number of fused-ring (bicyclic) bond motifs is 1. The second-order valence-corrected chi connectivity index (χ2v) is 9.03. The van der Waals surface area contributed by atoms with Crippen LogP contribution in [-0.4, -0.2) is 65.6 Å². The Morgan fingerprint density at radius 1 is 1.18 bits per heavy atom. The molecule has 5 nitrogen and oxygen atoms in total. The minimum atomic E-state index is -0.0987. The van der Waals surface area contributed by atoms with Crippen molar-refractivity contribution in [3.05, 3.63) is 36.0 Å². The monoisotopic (exact) mass is 381 g/mol. The van der Waals surface area contributed by atoms with Gasteiger partial charge in [0.25, 0.3) is 0 Å². The molecular formula is C23H31N3O2. The molecule has 0 radical (unpaired) electrons. The van der Waals surface area contributed by atoms with E-state index in [9.17, 15) is 4.79 Å². The molecule has 5 heteroatoms. The van der Waals surface area contributed by atoms with Crippen LogP contribution in [0.25, 0.3) is 10.9 Å². The SMILES string of the molecule is O=C(Cc1c[nH]c2ccccc12)N1CCC[C@@]2(C[C@H](CN3CCCC3)CO2)C1. The minimum Gasteiger partial charge on any atom is -0.373 e. The molecule has 2 aromatic rings. The number of hydrogen-bond acceptors (Lipinski definition) is 3. The van der Waals surface area contributed by atoms with Gasteiger partial charge in [0.15, 0.2) is 0 Å². The topological polar surface area (TPSA) is 48.6 Å². The standard InChI is InChI=1S/C23H31N3O2/c27-22(12-19-14-24-21-7-2-1-6-20(19)21)26-11-5-8-23(17-26)13-18(16-28-23)15-25-9-3-4-10-25/h1-2,6-7,14,18,24H,3-5,8-13,15-17H2/t18-,23-/m1/s1. The first-order valence-electron chi connectivity index (χ1n) is 10.9. The van der Waals surface area contributed by atoms with Crippen LogP contribution in [0.1, 0.15) is 37.7 Å². The molecule has 1 aromatic heterocycles. The van der Waals surface area contributed by atoms with Crippen molar-refractivity contribution >= 4 is 16.8 Å². The fourth-order valence-electron chi connectivity index (χ4n) is 5.53. The number of nitrogens with one attached hydrogen (secondary N) is 1. The first-order chi connectivity index (χ1) is 13.7. The van der Waals surface area contributed by atoms with Crippen LogP contribution in [0, 0.1) is 5.92 Å².